The fraction of sp³-hybridized carbons (Fsp3) is 0.217. The van der Waals surface area contributed by atoms with Gasteiger partial charge in [-0.15, -0.1) is 12.4 Å². The minimum Gasteiger partial charge on any atom is -0.484 e. The van der Waals surface area contributed by atoms with Crippen LogP contribution in [-0.4, -0.2) is 63.8 Å². The summed E-state index contributed by atoms with van der Waals surface area (Å²) in [6.45, 7) is 3.08. The van der Waals surface area contributed by atoms with Crippen LogP contribution in [0.3, 0.4) is 0 Å². The standard InChI is InChI=1S/C23H23N7O2.ClH/c31-22(30-10-8-24-9-11-30)15-32-19-3-1-2-16(13-19)23-25-7-6-21(28-23)27-18-4-5-20-17(12-18)14-26-29-20;/h1-7,12-14,24H,8-11,15H2,(H,26,29)(H,25,27,28);1H. The molecule has 3 heterocycles. The molecule has 0 saturated carbocycles. The van der Waals surface area contributed by atoms with Gasteiger partial charge in [0.2, 0.25) is 0 Å². The highest BCUT2D eigenvalue weighted by Gasteiger charge is 2.16. The third kappa shape index (κ3) is 5.39. The van der Waals surface area contributed by atoms with Crippen molar-refractivity contribution in [3.63, 3.8) is 0 Å². The van der Waals surface area contributed by atoms with Crippen LogP contribution in [0.4, 0.5) is 11.5 Å². The summed E-state index contributed by atoms with van der Waals surface area (Å²) >= 11 is 0. The lowest BCUT2D eigenvalue weighted by Crippen LogP contribution is -2.47. The Labute approximate surface area is 197 Å². The fourth-order valence-corrected chi connectivity index (χ4v) is 3.61. The number of amides is 1. The minimum atomic E-state index is -0.00561. The lowest BCUT2D eigenvalue weighted by molar-refractivity contribution is -0.133. The van der Waals surface area contributed by atoms with Crippen LogP contribution in [-0.2, 0) is 4.79 Å². The molecule has 0 radical (unpaired) electrons. The van der Waals surface area contributed by atoms with Crippen LogP contribution >= 0.6 is 12.4 Å². The lowest BCUT2D eigenvalue weighted by Gasteiger charge is -2.27. The van der Waals surface area contributed by atoms with E-state index in [2.05, 4.69) is 30.8 Å². The number of benzene rings is 2. The van der Waals surface area contributed by atoms with E-state index in [9.17, 15) is 4.79 Å². The van der Waals surface area contributed by atoms with E-state index >= 15 is 0 Å². The second-order valence-electron chi connectivity index (χ2n) is 7.51. The number of aromatic amines is 1. The van der Waals surface area contributed by atoms with E-state index in [-0.39, 0.29) is 24.9 Å². The number of H-pyrrole nitrogens is 1. The number of hydrogen-bond donors (Lipinski definition) is 3. The predicted octanol–water partition coefficient (Wildman–Crippen LogP) is 3.00. The number of aromatic nitrogens is 4. The van der Waals surface area contributed by atoms with Crippen LogP contribution in [0.2, 0.25) is 0 Å². The maximum Gasteiger partial charge on any atom is 0.260 e. The van der Waals surface area contributed by atoms with Crippen molar-refractivity contribution in [2.75, 3.05) is 38.1 Å². The number of anilines is 2. The maximum absolute atomic E-state index is 12.3. The molecule has 9 nitrogen and oxygen atoms in total. The highest BCUT2D eigenvalue weighted by Crippen LogP contribution is 2.24. The van der Waals surface area contributed by atoms with E-state index in [1.807, 2.05) is 53.4 Å². The summed E-state index contributed by atoms with van der Waals surface area (Å²) in [7, 11) is 0. The van der Waals surface area contributed by atoms with Gasteiger partial charge >= 0.3 is 0 Å². The van der Waals surface area contributed by atoms with E-state index in [0.717, 1.165) is 35.2 Å². The van der Waals surface area contributed by atoms with E-state index in [1.165, 1.54) is 0 Å². The first-order valence-electron chi connectivity index (χ1n) is 10.5. The number of halogens is 1. The Morgan fingerprint density at radius 3 is 2.88 bits per heavy atom. The van der Waals surface area contributed by atoms with Gasteiger partial charge in [0.25, 0.3) is 5.91 Å². The summed E-state index contributed by atoms with van der Waals surface area (Å²) in [6.07, 6.45) is 3.49. The quantitative estimate of drug-likeness (QED) is 0.401. The van der Waals surface area contributed by atoms with Crippen molar-refractivity contribution >= 4 is 40.7 Å². The van der Waals surface area contributed by atoms with Gasteiger partial charge in [0.05, 0.1) is 11.7 Å². The van der Waals surface area contributed by atoms with Crippen LogP contribution in [0, 0.1) is 0 Å². The van der Waals surface area contributed by atoms with Gasteiger partial charge in [-0.2, -0.15) is 5.10 Å². The summed E-state index contributed by atoms with van der Waals surface area (Å²) < 4.78 is 5.75. The zero-order valence-corrected chi connectivity index (χ0v) is 18.6. The number of fused-ring (bicyclic) bond motifs is 1. The zero-order chi connectivity index (χ0) is 21.8. The Balaban J connectivity index is 0.00000259. The number of nitrogens with zero attached hydrogens (tertiary/aromatic N) is 4. The molecule has 0 bridgehead atoms. The van der Waals surface area contributed by atoms with Crippen LogP contribution in [0.5, 0.6) is 5.75 Å². The van der Waals surface area contributed by atoms with Gasteiger partial charge in [0.1, 0.15) is 11.6 Å². The number of rotatable bonds is 6. The number of ether oxygens (including phenoxy) is 1. The molecule has 3 N–H and O–H groups in total. The minimum absolute atomic E-state index is 0. The molecule has 4 aromatic rings. The third-order valence-electron chi connectivity index (χ3n) is 5.29. The molecule has 0 spiro atoms. The van der Waals surface area contributed by atoms with Crippen molar-refractivity contribution in [2.45, 2.75) is 0 Å². The van der Waals surface area contributed by atoms with Crippen molar-refractivity contribution in [2.24, 2.45) is 0 Å². The predicted molar refractivity (Wildman–Crippen MR) is 129 cm³/mol. The SMILES string of the molecule is Cl.O=C(COc1cccc(-c2nccc(Nc3ccc4[nH]ncc4c3)n2)c1)N1CCNCC1. The Bertz CT molecular complexity index is 1240. The molecule has 0 aliphatic carbocycles. The van der Waals surface area contributed by atoms with Crippen LogP contribution in [0.1, 0.15) is 0 Å². The highest BCUT2D eigenvalue weighted by atomic mass is 35.5. The molecule has 1 saturated heterocycles. The molecule has 0 unspecified atom stereocenters. The molecule has 1 aliphatic heterocycles. The number of carbonyl (C=O) groups excluding carboxylic acids is 1. The summed E-state index contributed by atoms with van der Waals surface area (Å²) in [6, 6.07) is 15.2. The second-order valence-corrected chi connectivity index (χ2v) is 7.51. The van der Waals surface area contributed by atoms with Crippen molar-refractivity contribution < 1.29 is 9.53 Å². The molecule has 33 heavy (non-hydrogen) atoms. The van der Waals surface area contributed by atoms with E-state index in [0.29, 0.717) is 30.5 Å². The Morgan fingerprint density at radius 2 is 2.00 bits per heavy atom. The Kier molecular flexibility index (Phi) is 7.01. The average molecular weight is 466 g/mol. The molecule has 1 fully saturated rings. The molecular formula is C23H24ClN7O2. The van der Waals surface area contributed by atoms with Crippen LogP contribution in [0.15, 0.2) is 60.9 Å². The normalized spacial score (nSPS) is 13.4. The lowest BCUT2D eigenvalue weighted by atomic mass is 10.2. The molecule has 2 aromatic heterocycles. The molecule has 0 atom stereocenters. The fourth-order valence-electron chi connectivity index (χ4n) is 3.61. The average Bonchev–Trinajstić information content (AvgIpc) is 3.31. The topological polar surface area (TPSA) is 108 Å². The Morgan fingerprint density at radius 1 is 1.12 bits per heavy atom. The first-order chi connectivity index (χ1) is 15.7. The van der Waals surface area contributed by atoms with Gasteiger partial charge in [-0.3, -0.25) is 9.89 Å². The molecule has 1 aliphatic rings. The number of hydrogen-bond acceptors (Lipinski definition) is 7. The van der Waals surface area contributed by atoms with Crippen LogP contribution in [0.25, 0.3) is 22.3 Å². The van der Waals surface area contributed by atoms with Gasteiger partial charge in [-0.05, 0) is 36.4 Å². The van der Waals surface area contributed by atoms with Gasteiger partial charge in [0.15, 0.2) is 12.4 Å². The molecule has 170 valence electrons. The number of nitrogens with one attached hydrogen (secondary N) is 3. The third-order valence-corrected chi connectivity index (χ3v) is 5.29. The zero-order valence-electron chi connectivity index (χ0n) is 17.8. The molecular weight excluding hydrogens is 442 g/mol. The molecule has 1 amide bonds. The summed E-state index contributed by atoms with van der Waals surface area (Å²) in [5.41, 5.74) is 2.70. The van der Waals surface area contributed by atoms with E-state index in [4.69, 9.17) is 4.74 Å². The van der Waals surface area contributed by atoms with Gasteiger partial charge in [0, 0.05) is 49.0 Å². The molecule has 10 heteroatoms. The van der Waals surface area contributed by atoms with Crippen molar-refractivity contribution in [3.8, 4) is 17.1 Å². The largest absolute Gasteiger partial charge is 0.484 e. The Hall–Kier alpha value is -3.69. The summed E-state index contributed by atoms with van der Waals surface area (Å²) in [4.78, 5) is 23.2. The van der Waals surface area contributed by atoms with E-state index in [1.54, 1.807) is 12.4 Å². The van der Waals surface area contributed by atoms with Crippen molar-refractivity contribution in [3.05, 3.63) is 60.9 Å². The second kappa shape index (κ2) is 10.3. The first kappa shape index (κ1) is 22.5. The maximum atomic E-state index is 12.3. The van der Waals surface area contributed by atoms with Crippen LogP contribution < -0.4 is 15.4 Å². The summed E-state index contributed by atoms with van der Waals surface area (Å²) in [5, 5.41) is 14.6. The monoisotopic (exact) mass is 465 g/mol. The van der Waals surface area contributed by atoms with Gasteiger partial charge < -0.3 is 20.3 Å². The van der Waals surface area contributed by atoms with Gasteiger partial charge in [-0.1, -0.05) is 12.1 Å². The van der Waals surface area contributed by atoms with Crippen molar-refractivity contribution in [1.82, 2.24) is 30.4 Å². The number of piperazine rings is 1. The smallest absolute Gasteiger partial charge is 0.260 e. The first-order valence-corrected chi connectivity index (χ1v) is 10.5. The number of carbonyl (C=O) groups is 1. The molecule has 2 aromatic carbocycles. The van der Waals surface area contributed by atoms with E-state index < -0.39 is 0 Å². The van der Waals surface area contributed by atoms with Crippen molar-refractivity contribution in [1.29, 1.82) is 0 Å². The summed E-state index contributed by atoms with van der Waals surface area (Å²) in [5.74, 6) is 1.85. The van der Waals surface area contributed by atoms with Gasteiger partial charge in [-0.25, -0.2) is 9.97 Å². The molecule has 5 rings (SSSR count). The highest BCUT2D eigenvalue weighted by molar-refractivity contribution is 5.85.